The highest BCUT2D eigenvalue weighted by atomic mass is 16.3. The molecule has 0 rings (SSSR count). The van der Waals surface area contributed by atoms with E-state index in [0.717, 1.165) is 19.5 Å². The Morgan fingerprint density at radius 2 is 2.00 bits per heavy atom. The standard InChI is InChI=1S/C12H26N2O2/c1-5-12(4,9-15)8-13-6-7-14-11(16)10(2)3/h10,13,15H,5-9H2,1-4H3,(H,14,16). The summed E-state index contributed by atoms with van der Waals surface area (Å²) in [6.07, 6.45) is 0.939. The van der Waals surface area contributed by atoms with Crippen LogP contribution in [0.2, 0.25) is 0 Å². The highest BCUT2D eigenvalue weighted by Crippen LogP contribution is 2.17. The number of amides is 1. The van der Waals surface area contributed by atoms with Gasteiger partial charge in [-0.25, -0.2) is 0 Å². The van der Waals surface area contributed by atoms with Gasteiger partial charge in [0.1, 0.15) is 0 Å². The fraction of sp³-hybridized carbons (Fsp3) is 0.917. The van der Waals surface area contributed by atoms with Gasteiger partial charge in [-0.15, -0.1) is 0 Å². The molecule has 96 valence electrons. The molecule has 1 amide bonds. The second-order valence-electron chi connectivity index (χ2n) is 4.94. The maximum absolute atomic E-state index is 11.2. The number of carbonyl (C=O) groups is 1. The van der Waals surface area contributed by atoms with Crippen LogP contribution in [0.5, 0.6) is 0 Å². The molecule has 0 aliphatic carbocycles. The first-order chi connectivity index (χ1) is 7.45. The highest BCUT2D eigenvalue weighted by molar-refractivity contribution is 5.77. The quantitative estimate of drug-likeness (QED) is 0.539. The summed E-state index contributed by atoms with van der Waals surface area (Å²) in [5.41, 5.74) is -0.0535. The van der Waals surface area contributed by atoms with E-state index < -0.39 is 0 Å². The molecule has 1 unspecified atom stereocenters. The van der Waals surface area contributed by atoms with Crippen molar-refractivity contribution >= 4 is 5.91 Å². The van der Waals surface area contributed by atoms with Gasteiger partial charge in [0.15, 0.2) is 0 Å². The fourth-order valence-corrected chi connectivity index (χ4v) is 1.16. The third kappa shape index (κ3) is 6.08. The Bertz CT molecular complexity index is 201. The summed E-state index contributed by atoms with van der Waals surface area (Å²) in [6, 6.07) is 0. The van der Waals surface area contributed by atoms with Gasteiger partial charge in [0.05, 0.1) is 0 Å². The smallest absolute Gasteiger partial charge is 0.222 e. The summed E-state index contributed by atoms with van der Waals surface area (Å²) in [4.78, 5) is 11.2. The van der Waals surface area contributed by atoms with E-state index in [2.05, 4.69) is 17.6 Å². The molecule has 0 radical (unpaired) electrons. The molecule has 0 aromatic carbocycles. The van der Waals surface area contributed by atoms with Crippen LogP contribution in [-0.2, 0) is 4.79 Å². The molecule has 0 fully saturated rings. The van der Waals surface area contributed by atoms with Gasteiger partial charge in [-0.3, -0.25) is 4.79 Å². The minimum Gasteiger partial charge on any atom is -0.396 e. The largest absolute Gasteiger partial charge is 0.396 e. The minimum absolute atomic E-state index is 0.0401. The zero-order valence-corrected chi connectivity index (χ0v) is 11.0. The second-order valence-corrected chi connectivity index (χ2v) is 4.94. The molecule has 0 aliphatic rings. The van der Waals surface area contributed by atoms with Crippen LogP contribution in [0.4, 0.5) is 0 Å². The molecule has 1 atom stereocenters. The molecule has 0 aromatic rings. The zero-order chi connectivity index (χ0) is 12.6. The predicted octanol–water partition coefficient (Wildman–Crippen LogP) is 0.757. The molecule has 0 bridgehead atoms. The number of rotatable bonds is 8. The van der Waals surface area contributed by atoms with Gasteiger partial charge in [-0.05, 0) is 6.42 Å². The van der Waals surface area contributed by atoms with Crippen molar-refractivity contribution in [2.24, 2.45) is 11.3 Å². The van der Waals surface area contributed by atoms with Crippen molar-refractivity contribution in [2.45, 2.75) is 34.1 Å². The van der Waals surface area contributed by atoms with Crippen molar-refractivity contribution in [1.29, 1.82) is 0 Å². The number of carbonyl (C=O) groups excluding carboxylic acids is 1. The molecule has 0 aromatic heterocycles. The molecule has 4 heteroatoms. The van der Waals surface area contributed by atoms with E-state index in [1.54, 1.807) is 0 Å². The third-order valence-corrected chi connectivity index (χ3v) is 2.91. The highest BCUT2D eigenvalue weighted by Gasteiger charge is 2.19. The lowest BCUT2D eigenvalue weighted by molar-refractivity contribution is -0.123. The monoisotopic (exact) mass is 230 g/mol. The van der Waals surface area contributed by atoms with Gasteiger partial charge >= 0.3 is 0 Å². The molecular formula is C12H26N2O2. The lowest BCUT2D eigenvalue weighted by atomic mass is 9.89. The predicted molar refractivity (Wildman–Crippen MR) is 66.2 cm³/mol. The van der Waals surface area contributed by atoms with Gasteiger partial charge in [0.2, 0.25) is 5.91 Å². The summed E-state index contributed by atoms with van der Waals surface area (Å²) in [7, 11) is 0. The van der Waals surface area contributed by atoms with Crippen LogP contribution in [0.1, 0.15) is 34.1 Å². The number of nitrogens with one attached hydrogen (secondary N) is 2. The van der Waals surface area contributed by atoms with Crippen LogP contribution in [-0.4, -0.2) is 37.3 Å². The third-order valence-electron chi connectivity index (χ3n) is 2.91. The average Bonchev–Trinajstić information content (AvgIpc) is 2.27. The zero-order valence-electron chi connectivity index (χ0n) is 11.0. The van der Waals surface area contributed by atoms with E-state index >= 15 is 0 Å². The first-order valence-electron chi connectivity index (χ1n) is 6.04. The number of aliphatic hydroxyl groups excluding tert-OH is 1. The molecule has 4 nitrogen and oxygen atoms in total. The number of hydrogen-bond donors (Lipinski definition) is 3. The Kier molecular flexibility index (Phi) is 7.34. The Morgan fingerprint density at radius 1 is 1.38 bits per heavy atom. The lowest BCUT2D eigenvalue weighted by Crippen LogP contribution is -2.39. The van der Waals surface area contributed by atoms with E-state index in [-0.39, 0.29) is 23.8 Å². The van der Waals surface area contributed by atoms with E-state index in [1.165, 1.54) is 0 Å². The molecule has 0 aliphatic heterocycles. The minimum atomic E-state index is -0.0535. The molecule has 16 heavy (non-hydrogen) atoms. The summed E-state index contributed by atoms with van der Waals surface area (Å²) < 4.78 is 0. The van der Waals surface area contributed by atoms with E-state index in [9.17, 15) is 9.90 Å². The Balaban J connectivity index is 3.57. The van der Waals surface area contributed by atoms with Crippen molar-refractivity contribution in [3.05, 3.63) is 0 Å². The van der Waals surface area contributed by atoms with Gasteiger partial charge < -0.3 is 15.7 Å². The SMILES string of the molecule is CCC(C)(CO)CNCCNC(=O)C(C)C. The molecule has 0 saturated carbocycles. The van der Waals surface area contributed by atoms with Crippen LogP contribution < -0.4 is 10.6 Å². The van der Waals surface area contributed by atoms with E-state index in [4.69, 9.17) is 0 Å². The molecule has 3 N–H and O–H groups in total. The maximum Gasteiger partial charge on any atom is 0.222 e. The van der Waals surface area contributed by atoms with Crippen LogP contribution in [0.15, 0.2) is 0 Å². The summed E-state index contributed by atoms with van der Waals surface area (Å²) in [5.74, 6) is 0.126. The number of hydrogen-bond acceptors (Lipinski definition) is 3. The summed E-state index contributed by atoms with van der Waals surface area (Å²) in [6.45, 7) is 10.2. The average molecular weight is 230 g/mol. The second kappa shape index (κ2) is 7.63. The number of aliphatic hydroxyl groups is 1. The Labute approximate surface area is 98.8 Å². The first kappa shape index (κ1) is 15.4. The van der Waals surface area contributed by atoms with Gasteiger partial charge in [-0.2, -0.15) is 0 Å². The van der Waals surface area contributed by atoms with Crippen LogP contribution >= 0.6 is 0 Å². The van der Waals surface area contributed by atoms with Crippen molar-refractivity contribution < 1.29 is 9.90 Å². The topological polar surface area (TPSA) is 61.4 Å². The summed E-state index contributed by atoms with van der Waals surface area (Å²) >= 11 is 0. The van der Waals surface area contributed by atoms with Gasteiger partial charge in [0.25, 0.3) is 0 Å². The fourth-order valence-electron chi connectivity index (χ4n) is 1.16. The van der Waals surface area contributed by atoms with Crippen molar-refractivity contribution in [2.75, 3.05) is 26.2 Å². The van der Waals surface area contributed by atoms with Gasteiger partial charge in [0, 0.05) is 37.6 Å². The van der Waals surface area contributed by atoms with Crippen molar-refractivity contribution in [1.82, 2.24) is 10.6 Å². The molecule has 0 heterocycles. The lowest BCUT2D eigenvalue weighted by Gasteiger charge is -2.25. The Hall–Kier alpha value is -0.610. The van der Waals surface area contributed by atoms with Crippen molar-refractivity contribution in [3.63, 3.8) is 0 Å². The van der Waals surface area contributed by atoms with E-state index in [1.807, 2.05) is 20.8 Å². The van der Waals surface area contributed by atoms with Crippen LogP contribution in [0, 0.1) is 11.3 Å². The summed E-state index contributed by atoms with van der Waals surface area (Å²) in [5, 5.41) is 15.3. The molecule has 0 spiro atoms. The molecular weight excluding hydrogens is 204 g/mol. The van der Waals surface area contributed by atoms with E-state index in [0.29, 0.717) is 6.54 Å². The maximum atomic E-state index is 11.2. The van der Waals surface area contributed by atoms with Crippen molar-refractivity contribution in [3.8, 4) is 0 Å². The van der Waals surface area contributed by atoms with Crippen LogP contribution in [0.25, 0.3) is 0 Å². The Morgan fingerprint density at radius 3 is 2.44 bits per heavy atom. The first-order valence-corrected chi connectivity index (χ1v) is 6.04. The normalized spacial score (nSPS) is 14.9. The molecule has 0 saturated heterocycles. The van der Waals surface area contributed by atoms with Gasteiger partial charge in [-0.1, -0.05) is 27.7 Å². The van der Waals surface area contributed by atoms with Crippen LogP contribution in [0.3, 0.4) is 0 Å².